The molecule has 0 unspecified atom stereocenters. The Morgan fingerprint density at radius 3 is 2.42 bits per heavy atom. The van der Waals surface area contributed by atoms with Crippen LogP contribution >= 0.6 is 11.3 Å². The van der Waals surface area contributed by atoms with Crippen molar-refractivity contribution in [2.24, 2.45) is 0 Å². The number of rotatable bonds is 4. The van der Waals surface area contributed by atoms with E-state index in [4.69, 9.17) is 4.74 Å². The van der Waals surface area contributed by atoms with Gasteiger partial charge in [-0.1, -0.05) is 48.5 Å². The molecule has 4 aromatic rings. The van der Waals surface area contributed by atoms with Crippen molar-refractivity contribution in [1.82, 2.24) is 4.98 Å². The lowest BCUT2D eigenvalue weighted by molar-refractivity contribution is 0.482. The number of ether oxygens (including phenoxy) is 1. The number of aromatic nitrogens is 1. The zero-order valence-corrected chi connectivity index (χ0v) is 13.7. The molecule has 0 aliphatic rings. The number of hydrogen-bond acceptors (Lipinski definition) is 3. The molecule has 1 aromatic heterocycles. The number of hydrogen-bond donors (Lipinski definition) is 0. The van der Waals surface area contributed by atoms with Crippen LogP contribution in [0.15, 0.2) is 78.9 Å². The largest absolute Gasteiger partial charge is 0.457 e. The maximum absolute atomic E-state index is 5.87. The Morgan fingerprint density at radius 1 is 0.750 bits per heavy atom. The number of nitrogens with zero attached hydrogens (tertiary/aromatic N) is 1. The van der Waals surface area contributed by atoms with Gasteiger partial charge in [0.15, 0.2) is 0 Å². The minimum Gasteiger partial charge on any atom is -0.457 e. The molecule has 0 saturated heterocycles. The Bertz CT molecular complexity index is 956. The fourth-order valence-corrected chi connectivity index (χ4v) is 3.31. The van der Waals surface area contributed by atoms with Crippen molar-refractivity contribution in [3.05, 3.63) is 89.4 Å². The second-order valence-electron chi connectivity index (χ2n) is 5.34. The minimum absolute atomic E-state index is 0.827. The summed E-state index contributed by atoms with van der Waals surface area (Å²) >= 11 is 1.69. The Labute approximate surface area is 144 Å². The average Bonchev–Trinajstić information content (AvgIpc) is 3.04. The van der Waals surface area contributed by atoms with Gasteiger partial charge in [-0.15, -0.1) is 11.3 Å². The summed E-state index contributed by atoms with van der Waals surface area (Å²) in [4.78, 5) is 4.62. The molecule has 4 rings (SSSR count). The first kappa shape index (κ1) is 14.7. The van der Waals surface area contributed by atoms with E-state index in [9.17, 15) is 0 Å². The molecule has 0 bridgehead atoms. The quantitative estimate of drug-likeness (QED) is 0.441. The van der Waals surface area contributed by atoms with Crippen LogP contribution in [0.5, 0.6) is 11.5 Å². The van der Waals surface area contributed by atoms with E-state index < -0.39 is 0 Å². The Hall–Kier alpha value is -2.91. The molecule has 2 nitrogen and oxygen atoms in total. The van der Waals surface area contributed by atoms with Crippen molar-refractivity contribution in [3.8, 4) is 11.5 Å². The number of para-hydroxylation sites is 2. The normalized spacial score (nSPS) is 11.2. The van der Waals surface area contributed by atoms with Crippen molar-refractivity contribution >= 4 is 33.7 Å². The number of benzene rings is 3. The summed E-state index contributed by atoms with van der Waals surface area (Å²) in [7, 11) is 0. The molecule has 3 aromatic carbocycles. The van der Waals surface area contributed by atoms with E-state index in [1.54, 1.807) is 11.3 Å². The van der Waals surface area contributed by atoms with Crippen LogP contribution < -0.4 is 4.74 Å². The van der Waals surface area contributed by atoms with E-state index in [2.05, 4.69) is 23.2 Å². The molecule has 0 fully saturated rings. The van der Waals surface area contributed by atoms with E-state index in [0.29, 0.717) is 0 Å². The molecular weight excluding hydrogens is 314 g/mol. The molecule has 0 aliphatic heterocycles. The van der Waals surface area contributed by atoms with Gasteiger partial charge in [0, 0.05) is 0 Å². The first-order valence-corrected chi connectivity index (χ1v) is 8.55. The molecule has 24 heavy (non-hydrogen) atoms. The summed E-state index contributed by atoms with van der Waals surface area (Å²) in [5.41, 5.74) is 2.13. The minimum atomic E-state index is 0.827. The Balaban J connectivity index is 1.55. The third kappa shape index (κ3) is 3.36. The van der Waals surface area contributed by atoms with E-state index in [-0.39, 0.29) is 0 Å². The van der Waals surface area contributed by atoms with Gasteiger partial charge in [-0.25, -0.2) is 4.98 Å². The number of thiazole rings is 1. The van der Waals surface area contributed by atoms with Crippen LogP contribution in [0.2, 0.25) is 0 Å². The summed E-state index contributed by atoms with van der Waals surface area (Å²) in [6, 6.07) is 26.0. The molecule has 0 radical (unpaired) electrons. The lowest BCUT2D eigenvalue weighted by Crippen LogP contribution is -1.83. The molecule has 0 atom stereocenters. The zero-order chi connectivity index (χ0) is 16.2. The van der Waals surface area contributed by atoms with Crippen LogP contribution in [0.25, 0.3) is 22.4 Å². The van der Waals surface area contributed by atoms with Crippen LogP contribution in [0.1, 0.15) is 10.6 Å². The average molecular weight is 329 g/mol. The van der Waals surface area contributed by atoms with E-state index in [1.807, 2.05) is 72.8 Å². The maximum atomic E-state index is 5.87. The predicted molar refractivity (Wildman–Crippen MR) is 102 cm³/mol. The van der Waals surface area contributed by atoms with Crippen molar-refractivity contribution in [1.29, 1.82) is 0 Å². The van der Waals surface area contributed by atoms with Crippen LogP contribution in [-0.2, 0) is 0 Å². The summed E-state index contributed by atoms with van der Waals surface area (Å²) in [6.45, 7) is 0. The van der Waals surface area contributed by atoms with Gasteiger partial charge in [-0.2, -0.15) is 0 Å². The third-order valence-electron chi connectivity index (χ3n) is 3.57. The molecule has 1 heterocycles. The van der Waals surface area contributed by atoms with Gasteiger partial charge in [0.05, 0.1) is 10.2 Å². The van der Waals surface area contributed by atoms with Crippen LogP contribution in [0.3, 0.4) is 0 Å². The summed E-state index contributed by atoms with van der Waals surface area (Å²) in [5.74, 6) is 1.66. The number of fused-ring (bicyclic) bond motifs is 1. The topological polar surface area (TPSA) is 22.1 Å². The maximum Gasteiger partial charge on any atom is 0.128 e. The third-order valence-corrected chi connectivity index (χ3v) is 4.57. The summed E-state index contributed by atoms with van der Waals surface area (Å²) < 4.78 is 7.08. The SMILES string of the molecule is C(=Cc1nc2ccccc2s1)c1cccc(Oc2ccccc2)c1. The molecular formula is C21H15NOS. The lowest BCUT2D eigenvalue weighted by Gasteiger charge is -2.05. The van der Waals surface area contributed by atoms with Crippen molar-refractivity contribution in [3.63, 3.8) is 0 Å². The first-order valence-electron chi connectivity index (χ1n) is 7.73. The van der Waals surface area contributed by atoms with Crippen LogP contribution in [-0.4, -0.2) is 4.98 Å². The van der Waals surface area contributed by atoms with Crippen molar-refractivity contribution in [2.75, 3.05) is 0 Å². The molecule has 0 aliphatic carbocycles. The fourth-order valence-electron chi connectivity index (χ4n) is 2.44. The monoisotopic (exact) mass is 329 g/mol. The highest BCUT2D eigenvalue weighted by Gasteiger charge is 2.00. The molecule has 0 N–H and O–H groups in total. The van der Waals surface area contributed by atoms with Gasteiger partial charge in [0.2, 0.25) is 0 Å². The smallest absolute Gasteiger partial charge is 0.128 e. The summed E-state index contributed by atoms with van der Waals surface area (Å²) in [5, 5.41) is 1.01. The van der Waals surface area contributed by atoms with Gasteiger partial charge in [0.1, 0.15) is 16.5 Å². The Kier molecular flexibility index (Phi) is 4.09. The molecule has 3 heteroatoms. The molecule has 116 valence electrons. The standard InChI is InChI=1S/C21H15NOS/c1-2-8-17(9-3-1)23-18-10-6-7-16(15-18)13-14-21-22-19-11-4-5-12-20(19)24-21/h1-15H. The fraction of sp³-hybridized carbons (Fsp3) is 0. The van der Waals surface area contributed by atoms with E-state index in [0.717, 1.165) is 27.6 Å². The molecule has 0 amide bonds. The summed E-state index contributed by atoms with van der Waals surface area (Å²) in [6.07, 6.45) is 4.11. The van der Waals surface area contributed by atoms with Gasteiger partial charge in [-0.3, -0.25) is 0 Å². The zero-order valence-electron chi connectivity index (χ0n) is 12.9. The predicted octanol–water partition coefficient (Wildman–Crippen LogP) is 6.26. The highest BCUT2D eigenvalue weighted by atomic mass is 32.1. The van der Waals surface area contributed by atoms with Crippen LogP contribution in [0, 0.1) is 0 Å². The first-order chi connectivity index (χ1) is 11.9. The van der Waals surface area contributed by atoms with E-state index in [1.165, 1.54) is 4.70 Å². The van der Waals surface area contributed by atoms with Crippen molar-refractivity contribution < 1.29 is 4.74 Å². The van der Waals surface area contributed by atoms with Gasteiger partial charge >= 0.3 is 0 Å². The highest BCUT2D eigenvalue weighted by molar-refractivity contribution is 7.19. The van der Waals surface area contributed by atoms with Gasteiger partial charge in [-0.05, 0) is 48.0 Å². The van der Waals surface area contributed by atoms with Gasteiger partial charge < -0.3 is 4.74 Å². The van der Waals surface area contributed by atoms with Gasteiger partial charge in [0.25, 0.3) is 0 Å². The second kappa shape index (κ2) is 6.69. The highest BCUT2D eigenvalue weighted by Crippen LogP contribution is 2.25. The lowest BCUT2D eigenvalue weighted by atomic mass is 10.2. The molecule has 0 saturated carbocycles. The Morgan fingerprint density at radius 2 is 1.54 bits per heavy atom. The second-order valence-corrected chi connectivity index (χ2v) is 6.40. The van der Waals surface area contributed by atoms with Crippen molar-refractivity contribution in [2.45, 2.75) is 0 Å². The van der Waals surface area contributed by atoms with Crippen LogP contribution in [0.4, 0.5) is 0 Å². The van der Waals surface area contributed by atoms with E-state index >= 15 is 0 Å². The molecule has 0 spiro atoms.